The average Bonchev–Trinajstić information content (AvgIpc) is 2.46. The first kappa shape index (κ1) is 17.3. The Labute approximate surface area is 125 Å². The third-order valence-electron chi connectivity index (χ3n) is 4.25. The maximum atomic E-state index is 12.1. The van der Waals surface area contributed by atoms with Crippen molar-refractivity contribution < 1.29 is 9.53 Å². The van der Waals surface area contributed by atoms with Crippen LogP contribution in [0.1, 0.15) is 84.5 Å². The zero-order chi connectivity index (χ0) is 14.7. The molecule has 0 aliphatic heterocycles. The van der Waals surface area contributed by atoms with Crippen LogP contribution in [0, 0.1) is 5.41 Å². The highest BCUT2D eigenvalue weighted by Crippen LogP contribution is 2.31. The van der Waals surface area contributed by atoms with Crippen molar-refractivity contribution in [3.05, 3.63) is 12.2 Å². The molecule has 20 heavy (non-hydrogen) atoms. The van der Waals surface area contributed by atoms with Crippen molar-refractivity contribution in [2.75, 3.05) is 6.61 Å². The predicted molar refractivity (Wildman–Crippen MR) is 84.7 cm³/mol. The van der Waals surface area contributed by atoms with E-state index in [0.717, 1.165) is 25.7 Å². The van der Waals surface area contributed by atoms with Gasteiger partial charge in [0.2, 0.25) is 0 Å². The zero-order valence-electron chi connectivity index (χ0n) is 13.5. The van der Waals surface area contributed by atoms with E-state index in [-0.39, 0.29) is 11.4 Å². The molecule has 0 bridgehead atoms. The molecule has 1 unspecified atom stereocenters. The summed E-state index contributed by atoms with van der Waals surface area (Å²) in [6, 6.07) is 0. The van der Waals surface area contributed by atoms with Crippen LogP contribution >= 0.6 is 0 Å². The summed E-state index contributed by atoms with van der Waals surface area (Å²) in [4.78, 5) is 12.1. The van der Waals surface area contributed by atoms with Crippen molar-refractivity contribution in [1.82, 2.24) is 0 Å². The lowest BCUT2D eigenvalue weighted by molar-refractivity contribution is -0.152. The van der Waals surface area contributed by atoms with Crippen LogP contribution < -0.4 is 0 Å². The second-order valence-corrected chi connectivity index (χ2v) is 6.32. The van der Waals surface area contributed by atoms with Crippen LogP contribution in [0.25, 0.3) is 0 Å². The molecule has 0 heterocycles. The minimum absolute atomic E-state index is 0.0311. The topological polar surface area (TPSA) is 26.3 Å². The molecule has 2 heteroatoms. The van der Waals surface area contributed by atoms with E-state index in [9.17, 15) is 4.79 Å². The molecular formula is C18H32O2. The number of rotatable bonds is 10. The standard InChI is InChI=1S/C18H32O2/c1-3-4-5-6-7-8-9-13-16-20-17(19)18(2)14-11-10-12-15-18/h11,14H,3-10,12-13,15-16H2,1-2H3. The molecule has 1 aliphatic carbocycles. The number of allylic oxidation sites excluding steroid dienone is 1. The first-order valence-corrected chi connectivity index (χ1v) is 8.54. The number of hydrogen-bond acceptors (Lipinski definition) is 2. The molecule has 0 aromatic carbocycles. The van der Waals surface area contributed by atoms with E-state index in [4.69, 9.17) is 4.74 Å². The van der Waals surface area contributed by atoms with Gasteiger partial charge in [0.05, 0.1) is 12.0 Å². The van der Waals surface area contributed by atoms with Gasteiger partial charge >= 0.3 is 5.97 Å². The van der Waals surface area contributed by atoms with Crippen molar-refractivity contribution >= 4 is 5.97 Å². The van der Waals surface area contributed by atoms with E-state index < -0.39 is 0 Å². The lowest BCUT2D eigenvalue weighted by atomic mass is 9.81. The monoisotopic (exact) mass is 280 g/mol. The second kappa shape index (κ2) is 10.0. The Morgan fingerprint density at radius 1 is 1.10 bits per heavy atom. The van der Waals surface area contributed by atoms with Gasteiger partial charge in [-0.05, 0) is 32.6 Å². The minimum Gasteiger partial charge on any atom is -0.465 e. The molecule has 0 aromatic rings. The predicted octanol–water partition coefficient (Wildman–Crippen LogP) is 5.42. The normalized spacial score (nSPS) is 21.9. The fraction of sp³-hybridized carbons (Fsp3) is 0.833. The van der Waals surface area contributed by atoms with E-state index in [1.807, 2.05) is 13.0 Å². The summed E-state index contributed by atoms with van der Waals surface area (Å²) in [5.41, 5.74) is -0.363. The number of hydrogen-bond donors (Lipinski definition) is 0. The largest absolute Gasteiger partial charge is 0.465 e. The summed E-state index contributed by atoms with van der Waals surface area (Å²) in [5, 5.41) is 0. The Morgan fingerprint density at radius 2 is 1.75 bits per heavy atom. The summed E-state index contributed by atoms with van der Waals surface area (Å²) < 4.78 is 5.44. The van der Waals surface area contributed by atoms with Gasteiger partial charge in [-0.25, -0.2) is 0 Å². The summed E-state index contributed by atoms with van der Waals surface area (Å²) >= 11 is 0. The van der Waals surface area contributed by atoms with E-state index in [1.54, 1.807) is 0 Å². The van der Waals surface area contributed by atoms with Crippen LogP contribution in [0.2, 0.25) is 0 Å². The molecule has 1 rings (SSSR count). The third kappa shape index (κ3) is 6.58. The first-order chi connectivity index (χ1) is 9.69. The molecule has 116 valence electrons. The summed E-state index contributed by atoms with van der Waals surface area (Å²) in [5.74, 6) is -0.0311. The van der Waals surface area contributed by atoms with Gasteiger partial charge in [-0.3, -0.25) is 4.79 Å². The second-order valence-electron chi connectivity index (χ2n) is 6.32. The number of ether oxygens (including phenoxy) is 1. The zero-order valence-corrected chi connectivity index (χ0v) is 13.5. The molecule has 0 amide bonds. The SMILES string of the molecule is CCCCCCCCCCOC(=O)C1(C)C=CCCC1. The first-order valence-electron chi connectivity index (χ1n) is 8.54. The highest BCUT2D eigenvalue weighted by Gasteiger charge is 2.32. The van der Waals surface area contributed by atoms with Crippen LogP contribution in [0.5, 0.6) is 0 Å². The molecule has 0 radical (unpaired) electrons. The molecule has 0 saturated heterocycles. The third-order valence-corrected chi connectivity index (χ3v) is 4.25. The molecule has 0 fully saturated rings. The molecule has 0 spiro atoms. The van der Waals surface area contributed by atoms with E-state index >= 15 is 0 Å². The number of carbonyl (C=O) groups excluding carboxylic acids is 1. The quantitative estimate of drug-likeness (QED) is 0.303. The van der Waals surface area contributed by atoms with Crippen molar-refractivity contribution in [3.63, 3.8) is 0 Å². The molecule has 2 nitrogen and oxygen atoms in total. The van der Waals surface area contributed by atoms with Crippen LogP contribution in [-0.2, 0) is 9.53 Å². The number of esters is 1. The highest BCUT2D eigenvalue weighted by molar-refractivity contribution is 5.78. The van der Waals surface area contributed by atoms with E-state index in [1.165, 1.54) is 44.9 Å². The molecule has 1 aliphatic rings. The molecular weight excluding hydrogens is 248 g/mol. The maximum Gasteiger partial charge on any atom is 0.315 e. The van der Waals surface area contributed by atoms with Gasteiger partial charge in [0.1, 0.15) is 0 Å². The maximum absolute atomic E-state index is 12.1. The average molecular weight is 280 g/mol. The molecule has 0 saturated carbocycles. The van der Waals surface area contributed by atoms with Crippen LogP contribution in [0.15, 0.2) is 12.2 Å². The Bertz CT molecular complexity index is 296. The smallest absolute Gasteiger partial charge is 0.315 e. The Kier molecular flexibility index (Phi) is 8.64. The van der Waals surface area contributed by atoms with Gasteiger partial charge in [0.15, 0.2) is 0 Å². The van der Waals surface area contributed by atoms with Crippen LogP contribution in [0.4, 0.5) is 0 Å². The van der Waals surface area contributed by atoms with Crippen LogP contribution in [-0.4, -0.2) is 12.6 Å². The minimum atomic E-state index is -0.363. The van der Waals surface area contributed by atoms with Gasteiger partial charge in [0, 0.05) is 0 Å². The van der Waals surface area contributed by atoms with Crippen molar-refractivity contribution in [1.29, 1.82) is 0 Å². The van der Waals surface area contributed by atoms with Gasteiger partial charge in [-0.2, -0.15) is 0 Å². The van der Waals surface area contributed by atoms with E-state index in [0.29, 0.717) is 6.61 Å². The molecule has 1 atom stereocenters. The van der Waals surface area contributed by atoms with Gasteiger partial charge < -0.3 is 4.74 Å². The van der Waals surface area contributed by atoms with Gasteiger partial charge in [0.25, 0.3) is 0 Å². The summed E-state index contributed by atoms with van der Waals surface area (Å²) in [6.45, 7) is 4.84. The molecule has 0 aromatic heterocycles. The van der Waals surface area contributed by atoms with Crippen LogP contribution in [0.3, 0.4) is 0 Å². The molecule has 0 N–H and O–H groups in total. The lowest BCUT2D eigenvalue weighted by Crippen LogP contribution is -2.29. The fourth-order valence-corrected chi connectivity index (χ4v) is 2.75. The van der Waals surface area contributed by atoms with Crippen molar-refractivity contribution in [2.45, 2.75) is 84.5 Å². The Hall–Kier alpha value is -0.790. The van der Waals surface area contributed by atoms with Gasteiger partial charge in [-0.1, -0.05) is 64.0 Å². The number of unbranched alkanes of at least 4 members (excludes halogenated alkanes) is 7. The number of carbonyl (C=O) groups is 1. The summed E-state index contributed by atoms with van der Waals surface area (Å²) in [6.07, 6.45) is 17.5. The van der Waals surface area contributed by atoms with Crippen molar-refractivity contribution in [2.24, 2.45) is 5.41 Å². The Balaban J connectivity index is 1.99. The van der Waals surface area contributed by atoms with Crippen molar-refractivity contribution in [3.8, 4) is 0 Å². The lowest BCUT2D eigenvalue weighted by Gasteiger charge is -2.26. The van der Waals surface area contributed by atoms with Gasteiger partial charge in [-0.15, -0.1) is 0 Å². The fourth-order valence-electron chi connectivity index (χ4n) is 2.75. The van der Waals surface area contributed by atoms with E-state index in [2.05, 4.69) is 13.0 Å². The highest BCUT2D eigenvalue weighted by atomic mass is 16.5. The summed E-state index contributed by atoms with van der Waals surface area (Å²) in [7, 11) is 0. The Morgan fingerprint density at radius 3 is 2.35 bits per heavy atom.